The molecule has 8 rings (SSSR count). The number of hydrogen-bond donors (Lipinski definition) is 0. The van der Waals surface area contributed by atoms with Crippen molar-refractivity contribution in [3.8, 4) is 28.6 Å². The molecule has 8 aromatic rings. The Balaban J connectivity index is 1.54. The number of fused-ring (bicyclic) bond motifs is 6. The molecule has 282 valence electrons. The predicted octanol–water partition coefficient (Wildman–Crippen LogP) is 14.0. The van der Waals surface area contributed by atoms with Crippen molar-refractivity contribution in [3.05, 3.63) is 137 Å². The van der Waals surface area contributed by atoms with E-state index in [9.17, 15) is 5.26 Å². The largest absolute Gasteiger partial charge is 0.308 e. The van der Waals surface area contributed by atoms with E-state index >= 15 is 0 Å². The summed E-state index contributed by atoms with van der Waals surface area (Å²) >= 11 is 0. The number of hydrogen-bond acceptors (Lipinski definition) is 2. The van der Waals surface area contributed by atoms with Crippen LogP contribution in [0.4, 0.5) is 0 Å². The summed E-state index contributed by atoms with van der Waals surface area (Å²) in [5, 5.41) is 16.2. The number of nitrogens with zero attached hydrogens (tertiary/aromatic N) is 4. The minimum atomic E-state index is -0.0221. The summed E-state index contributed by atoms with van der Waals surface area (Å²) in [6, 6.07) is 38.8. The zero-order valence-electron chi connectivity index (χ0n) is 35.2. The van der Waals surface area contributed by atoms with Crippen LogP contribution in [0.1, 0.15) is 111 Å². The first-order chi connectivity index (χ1) is 26.3. The molecule has 0 saturated carbocycles. The van der Waals surface area contributed by atoms with Gasteiger partial charge in [-0.25, -0.2) is 0 Å². The van der Waals surface area contributed by atoms with Crippen LogP contribution in [0.5, 0.6) is 0 Å². The fourth-order valence-electron chi connectivity index (χ4n) is 8.21. The molecule has 0 aliphatic rings. The SMILES string of the molecule is CC(C)(C)c1ccc2c(c1)c1cc(C(C)(C)C)ccc1n2-c1cc(-c2cccnc2)cc(-n2c3ccc(C(C)(C)C)cc3c3cc(C(C)(C)C)ccc32)c1C#N. The van der Waals surface area contributed by atoms with E-state index in [-0.39, 0.29) is 21.7 Å². The highest BCUT2D eigenvalue weighted by Crippen LogP contribution is 2.43. The number of benzene rings is 5. The summed E-state index contributed by atoms with van der Waals surface area (Å²) in [5.41, 5.74) is 13.7. The molecule has 56 heavy (non-hydrogen) atoms. The predicted molar refractivity (Wildman–Crippen MR) is 238 cm³/mol. The van der Waals surface area contributed by atoms with Crippen LogP contribution in [-0.2, 0) is 21.7 Å². The van der Waals surface area contributed by atoms with Gasteiger partial charge >= 0.3 is 0 Å². The van der Waals surface area contributed by atoms with E-state index in [1.165, 1.54) is 43.8 Å². The monoisotopic (exact) mass is 734 g/mol. The van der Waals surface area contributed by atoms with Gasteiger partial charge in [0.05, 0.1) is 33.4 Å². The van der Waals surface area contributed by atoms with Crippen LogP contribution in [0.3, 0.4) is 0 Å². The average Bonchev–Trinajstić information content (AvgIpc) is 3.64. The van der Waals surface area contributed by atoms with Crippen LogP contribution in [0.25, 0.3) is 66.1 Å². The summed E-state index contributed by atoms with van der Waals surface area (Å²) in [4.78, 5) is 4.54. The minimum Gasteiger partial charge on any atom is -0.308 e. The summed E-state index contributed by atoms with van der Waals surface area (Å²) in [7, 11) is 0. The summed E-state index contributed by atoms with van der Waals surface area (Å²) in [5.74, 6) is 0. The zero-order chi connectivity index (χ0) is 40.1. The molecule has 0 aliphatic heterocycles. The topological polar surface area (TPSA) is 46.5 Å². The van der Waals surface area contributed by atoms with Gasteiger partial charge in [0.1, 0.15) is 11.6 Å². The number of pyridine rings is 1. The van der Waals surface area contributed by atoms with Crippen LogP contribution in [0, 0.1) is 11.3 Å². The maximum Gasteiger partial charge on any atom is 0.104 e. The van der Waals surface area contributed by atoms with Gasteiger partial charge in [0.15, 0.2) is 0 Å². The molecule has 3 aromatic heterocycles. The number of nitriles is 1. The fraction of sp³-hybridized carbons (Fsp3) is 0.308. The Morgan fingerprint density at radius 1 is 0.446 bits per heavy atom. The summed E-state index contributed by atoms with van der Waals surface area (Å²) in [6.07, 6.45) is 3.73. The molecule has 0 unspecified atom stereocenters. The number of aromatic nitrogens is 3. The van der Waals surface area contributed by atoms with Crippen LogP contribution >= 0.6 is 0 Å². The standard InChI is InChI=1S/C52H54N4/c1-49(2,3)34-15-19-43-38(26-34)39-27-35(50(4,5)6)16-20-44(39)55(43)47-24-33(32-14-13-23-54-31-32)25-48(42(47)30-53)56-45-21-17-36(51(7,8)9)28-40(45)41-29-37(52(10,11)12)18-22-46(41)56/h13-29,31H,1-12H3. The van der Waals surface area contributed by atoms with E-state index in [0.29, 0.717) is 5.56 Å². The molecule has 3 heterocycles. The molecule has 5 aromatic carbocycles. The zero-order valence-corrected chi connectivity index (χ0v) is 35.2. The van der Waals surface area contributed by atoms with Crippen molar-refractivity contribution in [3.63, 3.8) is 0 Å². The van der Waals surface area contributed by atoms with E-state index in [0.717, 1.165) is 44.6 Å². The third-order valence-electron chi connectivity index (χ3n) is 11.7. The first-order valence-electron chi connectivity index (χ1n) is 19.9. The number of rotatable bonds is 3. The lowest BCUT2D eigenvalue weighted by molar-refractivity contribution is 0.590. The maximum absolute atomic E-state index is 11.5. The van der Waals surface area contributed by atoms with Gasteiger partial charge in [-0.1, -0.05) is 113 Å². The molecule has 0 N–H and O–H groups in total. The lowest BCUT2D eigenvalue weighted by Gasteiger charge is -2.21. The van der Waals surface area contributed by atoms with Gasteiger partial charge in [0.25, 0.3) is 0 Å². The molecule has 4 heteroatoms. The van der Waals surface area contributed by atoms with Gasteiger partial charge < -0.3 is 9.13 Å². The van der Waals surface area contributed by atoms with Gasteiger partial charge in [-0.3, -0.25) is 4.98 Å². The molecular weight excluding hydrogens is 681 g/mol. The van der Waals surface area contributed by atoms with E-state index in [1.807, 2.05) is 18.5 Å². The highest BCUT2D eigenvalue weighted by atomic mass is 15.0. The summed E-state index contributed by atoms with van der Waals surface area (Å²) in [6.45, 7) is 27.2. The lowest BCUT2D eigenvalue weighted by Crippen LogP contribution is -2.11. The molecule has 0 spiro atoms. The first kappa shape index (κ1) is 37.3. The Hall–Kier alpha value is -5.66. The highest BCUT2D eigenvalue weighted by Gasteiger charge is 2.26. The van der Waals surface area contributed by atoms with Crippen molar-refractivity contribution < 1.29 is 0 Å². The van der Waals surface area contributed by atoms with Crippen molar-refractivity contribution in [1.29, 1.82) is 5.26 Å². The Bertz CT molecular complexity index is 2570. The van der Waals surface area contributed by atoms with E-state index in [2.05, 4.69) is 194 Å². The van der Waals surface area contributed by atoms with Gasteiger partial charge in [-0.2, -0.15) is 5.26 Å². The second kappa shape index (κ2) is 12.7. The minimum absolute atomic E-state index is 0.0221. The molecule has 0 amide bonds. The van der Waals surface area contributed by atoms with Crippen LogP contribution in [-0.4, -0.2) is 14.1 Å². The molecule has 0 saturated heterocycles. The van der Waals surface area contributed by atoms with Crippen LogP contribution < -0.4 is 0 Å². The van der Waals surface area contributed by atoms with Crippen LogP contribution in [0.15, 0.2) is 109 Å². The molecule has 0 radical (unpaired) electrons. The van der Waals surface area contributed by atoms with E-state index in [1.54, 1.807) is 0 Å². The van der Waals surface area contributed by atoms with Crippen molar-refractivity contribution in [2.75, 3.05) is 0 Å². The third kappa shape index (κ3) is 6.19. The van der Waals surface area contributed by atoms with E-state index < -0.39 is 0 Å². The molecule has 4 nitrogen and oxygen atoms in total. The molecule has 0 bridgehead atoms. The Morgan fingerprint density at radius 3 is 1.05 bits per heavy atom. The molecule has 0 atom stereocenters. The first-order valence-corrected chi connectivity index (χ1v) is 19.9. The van der Waals surface area contributed by atoms with Crippen molar-refractivity contribution in [2.45, 2.75) is 105 Å². The normalized spacial score (nSPS) is 13.0. The second-order valence-corrected chi connectivity index (χ2v) is 19.8. The smallest absolute Gasteiger partial charge is 0.104 e. The van der Waals surface area contributed by atoms with Gasteiger partial charge in [-0.15, -0.1) is 0 Å². The average molecular weight is 735 g/mol. The fourth-order valence-corrected chi connectivity index (χ4v) is 8.21. The Kier molecular flexibility index (Phi) is 8.44. The van der Waals surface area contributed by atoms with Crippen molar-refractivity contribution >= 4 is 43.6 Å². The third-order valence-corrected chi connectivity index (χ3v) is 11.7. The van der Waals surface area contributed by atoms with Crippen molar-refractivity contribution in [2.24, 2.45) is 0 Å². The summed E-state index contributed by atoms with van der Waals surface area (Å²) < 4.78 is 4.66. The lowest BCUT2D eigenvalue weighted by atomic mass is 9.85. The Labute approximate surface area is 332 Å². The highest BCUT2D eigenvalue weighted by molar-refractivity contribution is 6.12. The quantitative estimate of drug-likeness (QED) is 0.181. The second-order valence-electron chi connectivity index (χ2n) is 19.8. The van der Waals surface area contributed by atoms with Gasteiger partial charge in [-0.05, 0) is 116 Å². The molecule has 0 fully saturated rings. The maximum atomic E-state index is 11.5. The molecule has 0 aliphatic carbocycles. The van der Waals surface area contributed by atoms with Gasteiger partial charge in [0, 0.05) is 39.5 Å². The van der Waals surface area contributed by atoms with Gasteiger partial charge in [0.2, 0.25) is 0 Å². The Morgan fingerprint density at radius 2 is 0.786 bits per heavy atom. The van der Waals surface area contributed by atoms with Crippen LogP contribution in [0.2, 0.25) is 0 Å². The molecular formula is C52H54N4. The van der Waals surface area contributed by atoms with E-state index in [4.69, 9.17) is 0 Å². The van der Waals surface area contributed by atoms with Crippen molar-refractivity contribution in [1.82, 2.24) is 14.1 Å².